The van der Waals surface area contributed by atoms with Gasteiger partial charge in [0.2, 0.25) is 0 Å². The van der Waals surface area contributed by atoms with E-state index >= 15 is 0 Å². The Morgan fingerprint density at radius 1 is 1.54 bits per heavy atom. The van der Waals surface area contributed by atoms with Crippen molar-refractivity contribution in [1.29, 1.82) is 0 Å². The van der Waals surface area contributed by atoms with Gasteiger partial charge in [-0.2, -0.15) is 0 Å². The lowest BCUT2D eigenvalue weighted by Crippen LogP contribution is -2.08. The maximum atomic E-state index is 9.56. The molecular formula is C9H11N3O. The van der Waals surface area contributed by atoms with Gasteiger partial charge >= 0.3 is 0 Å². The summed E-state index contributed by atoms with van der Waals surface area (Å²) >= 11 is 0. The summed E-state index contributed by atoms with van der Waals surface area (Å²) in [7, 11) is 1.85. The molecular weight excluding hydrogens is 166 g/mol. The number of hydrogen-bond donors (Lipinski definition) is 2. The minimum atomic E-state index is 0.222. The van der Waals surface area contributed by atoms with Crippen molar-refractivity contribution in [3.63, 3.8) is 0 Å². The van der Waals surface area contributed by atoms with Gasteiger partial charge in [0.05, 0.1) is 18.3 Å². The van der Waals surface area contributed by atoms with Gasteiger partial charge in [-0.15, -0.1) is 0 Å². The molecule has 0 aliphatic heterocycles. The molecule has 13 heavy (non-hydrogen) atoms. The van der Waals surface area contributed by atoms with E-state index in [9.17, 15) is 5.11 Å². The van der Waals surface area contributed by atoms with E-state index in [2.05, 4.69) is 10.3 Å². The summed E-state index contributed by atoms with van der Waals surface area (Å²) in [6.45, 7) is 0.645. The Balaban J connectivity index is 2.64. The van der Waals surface area contributed by atoms with Crippen LogP contribution in [0.5, 0.6) is 5.88 Å². The zero-order valence-corrected chi connectivity index (χ0v) is 7.36. The Kier molecular flexibility index (Phi) is 1.90. The molecule has 68 valence electrons. The summed E-state index contributed by atoms with van der Waals surface area (Å²) in [5.41, 5.74) is 0.908. The molecule has 0 spiro atoms. The van der Waals surface area contributed by atoms with E-state index in [-0.39, 0.29) is 5.88 Å². The van der Waals surface area contributed by atoms with Crippen molar-refractivity contribution in [1.82, 2.24) is 14.7 Å². The standard InChI is InChI=1S/C9H11N3O/c1-10-6-8-11-5-7-3-2-4-9(13)12(7)8/h2-5,10,13H,6H2,1H3. The highest BCUT2D eigenvalue weighted by Gasteiger charge is 2.04. The first kappa shape index (κ1) is 8.07. The number of imidazole rings is 1. The van der Waals surface area contributed by atoms with Gasteiger partial charge in [0.15, 0.2) is 5.88 Å². The van der Waals surface area contributed by atoms with Gasteiger partial charge in [-0.1, -0.05) is 6.07 Å². The topological polar surface area (TPSA) is 49.6 Å². The summed E-state index contributed by atoms with van der Waals surface area (Å²) in [4.78, 5) is 4.19. The molecule has 0 atom stereocenters. The molecule has 2 heterocycles. The number of nitrogens with one attached hydrogen (secondary N) is 1. The molecule has 2 aromatic rings. The quantitative estimate of drug-likeness (QED) is 0.712. The number of pyridine rings is 1. The van der Waals surface area contributed by atoms with Gasteiger partial charge in [-0.05, 0) is 19.2 Å². The first-order valence-electron chi connectivity index (χ1n) is 4.12. The molecule has 2 aromatic heterocycles. The van der Waals surface area contributed by atoms with Crippen LogP contribution in [0.25, 0.3) is 5.52 Å². The first-order valence-corrected chi connectivity index (χ1v) is 4.12. The third-order valence-electron chi connectivity index (χ3n) is 1.94. The highest BCUT2D eigenvalue weighted by Crippen LogP contribution is 2.15. The average Bonchev–Trinajstić information content (AvgIpc) is 2.51. The van der Waals surface area contributed by atoms with Gasteiger partial charge in [0.25, 0.3) is 0 Å². The molecule has 0 saturated carbocycles. The molecule has 0 radical (unpaired) electrons. The molecule has 4 nitrogen and oxygen atoms in total. The zero-order chi connectivity index (χ0) is 9.26. The van der Waals surface area contributed by atoms with Crippen LogP contribution in [0.3, 0.4) is 0 Å². The third kappa shape index (κ3) is 1.25. The van der Waals surface area contributed by atoms with E-state index in [0.717, 1.165) is 11.3 Å². The van der Waals surface area contributed by atoms with Crippen molar-refractivity contribution in [2.45, 2.75) is 6.54 Å². The lowest BCUT2D eigenvalue weighted by Gasteiger charge is -2.02. The van der Waals surface area contributed by atoms with Crippen molar-refractivity contribution < 1.29 is 5.11 Å². The molecule has 0 amide bonds. The van der Waals surface area contributed by atoms with E-state index in [1.807, 2.05) is 13.1 Å². The second kappa shape index (κ2) is 3.06. The van der Waals surface area contributed by atoms with Crippen LogP contribution in [-0.2, 0) is 6.54 Å². The number of aromatic hydroxyl groups is 1. The van der Waals surface area contributed by atoms with Crippen LogP contribution < -0.4 is 5.32 Å². The minimum Gasteiger partial charge on any atom is -0.494 e. The van der Waals surface area contributed by atoms with Gasteiger partial charge in [-0.25, -0.2) is 4.98 Å². The van der Waals surface area contributed by atoms with Crippen LogP contribution in [0.15, 0.2) is 24.4 Å². The second-order valence-electron chi connectivity index (χ2n) is 2.85. The van der Waals surface area contributed by atoms with Gasteiger partial charge in [-0.3, -0.25) is 4.40 Å². The molecule has 0 aliphatic rings. The van der Waals surface area contributed by atoms with Crippen molar-refractivity contribution in [2.75, 3.05) is 7.05 Å². The van der Waals surface area contributed by atoms with E-state index in [4.69, 9.17) is 0 Å². The van der Waals surface area contributed by atoms with E-state index < -0.39 is 0 Å². The SMILES string of the molecule is CNCc1ncc2cccc(O)n12. The lowest BCUT2D eigenvalue weighted by molar-refractivity contribution is 0.442. The summed E-state index contributed by atoms with van der Waals surface area (Å²) in [6.07, 6.45) is 1.74. The van der Waals surface area contributed by atoms with Crippen LogP contribution in [0, 0.1) is 0 Å². The van der Waals surface area contributed by atoms with E-state index in [1.165, 1.54) is 0 Å². The summed E-state index contributed by atoms with van der Waals surface area (Å²) in [6, 6.07) is 5.36. The molecule has 0 unspecified atom stereocenters. The van der Waals surface area contributed by atoms with Crippen LogP contribution >= 0.6 is 0 Å². The highest BCUT2D eigenvalue weighted by molar-refractivity contribution is 5.48. The number of nitrogens with zero attached hydrogens (tertiary/aromatic N) is 2. The number of hydrogen-bond acceptors (Lipinski definition) is 3. The molecule has 0 bridgehead atoms. The monoisotopic (exact) mass is 177 g/mol. The smallest absolute Gasteiger partial charge is 0.197 e. The van der Waals surface area contributed by atoms with Crippen LogP contribution in [-0.4, -0.2) is 21.5 Å². The van der Waals surface area contributed by atoms with Crippen LogP contribution in [0.1, 0.15) is 5.82 Å². The molecule has 0 saturated heterocycles. The maximum Gasteiger partial charge on any atom is 0.197 e. The lowest BCUT2D eigenvalue weighted by atomic mass is 10.4. The molecule has 2 rings (SSSR count). The molecule has 4 heteroatoms. The fourth-order valence-corrected chi connectivity index (χ4v) is 1.38. The highest BCUT2D eigenvalue weighted by atomic mass is 16.3. The number of rotatable bonds is 2. The Morgan fingerprint density at radius 2 is 2.38 bits per heavy atom. The van der Waals surface area contributed by atoms with Crippen LogP contribution in [0.4, 0.5) is 0 Å². The maximum absolute atomic E-state index is 9.56. The Hall–Kier alpha value is -1.55. The molecule has 2 N–H and O–H groups in total. The summed E-state index contributed by atoms with van der Waals surface area (Å²) in [5, 5.41) is 12.6. The predicted molar refractivity (Wildman–Crippen MR) is 49.6 cm³/mol. The Morgan fingerprint density at radius 3 is 3.15 bits per heavy atom. The average molecular weight is 177 g/mol. The van der Waals surface area contributed by atoms with Gasteiger partial charge < -0.3 is 10.4 Å². The largest absolute Gasteiger partial charge is 0.494 e. The van der Waals surface area contributed by atoms with Crippen molar-refractivity contribution >= 4 is 5.52 Å². The summed E-state index contributed by atoms with van der Waals surface area (Å²) in [5.74, 6) is 1.04. The van der Waals surface area contributed by atoms with E-state index in [1.54, 1.807) is 22.7 Å². The first-order chi connectivity index (χ1) is 6.33. The normalized spacial score (nSPS) is 10.8. The Labute approximate surface area is 75.8 Å². The fourth-order valence-electron chi connectivity index (χ4n) is 1.38. The van der Waals surface area contributed by atoms with Gasteiger partial charge in [0, 0.05) is 0 Å². The minimum absolute atomic E-state index is 0.222. The second-order valence-corrected chi connectivity index (χ2v) is 2.85. The third-order valence-corrected chi connectivity index (χ3v) is 1.94. The van der Waals surface area contributed by atoms with Crippen molar-refractivity contribution in [3.05, 3.63) is 30.2 Å². The Bertz CT molecular complexity index is 422. The predicted octanol–water partition coefficient (Wildman–Crippen LogP) is 0.759. The van der Waals surface area contributed by atoms with Crippen LogP contribution in [0.2, 0.25) is 0 Å². The molecule has 0 aliphatic carbocycles. The number of aromatic nitrogens is 2. The number of fused-ring (bicyclic) bond motifs is 1. The van der Waals surface area contributed by atoms with Gasteiger partial charge in [0.1, 0.15) is 5.82 Å². The fraction of sp³-hybridized carbons (Fsp3) is 0.222. The molecule has 0 aromatic carbocycles. The zero-order valence-electron chi connectivity index (χ0n) is 7.36. The van der Waals surface area contributed by atoms with Crippen molar-refractivity contribution in [2.24, 2.45) is 0 Å². The van der Waals surface area contributed by atoms with Crippen molar-refractivity contribution in [3.8, 4) is 5.88 Å². The summed E-state index contributed by atoms with van der Waals surface area (Å²) < 4.78 is 1.72. The molecule has 0 fully saturated rings. The van der Waals surface area contributed by atoms with E-state index in [0.29, 0.717) is 6.54 Å².